The number of nitrogens with zero attached hydrogens (tertiary/aromatic N) is 2. The number of benzene rings is 1. The molecule has 0 bridgehead atoms. The lowest BCUT2D eigenvalue weighted by molar-refractivity contribution is 1.05. The molecule has 0 fully saturated rings. The highest BCUT2D eigenvalue weighted by Gasteiger charge is 2.03. The lowest BCUT2D eigenvalue weighted by Crippen LogP contribution is -1.88. The molecule has 0 spiro atoms. The van der Waals surface area contributed by atoms with Crippen molar-refractivity contribution in [3.63, 3.8) is 0 Å². The number of hydrogen-bond acceptors (Lipinski definition) is 4. The predicted molar refractivity (Wildman–Crippen MR) is 64.7 cm³/mol. The first-order valence-corrected chi connectivity index (χ1v) is 5.85. The molecule has 0 unspecified atom stereocenters. The number of halogens is 1. The summed E-state index contributed by atoms with van der Waals surface area (Å²) < 4.78 is 1.01. The Labute approximate surface area is 100 Å². The monoisotopic (exact) mass is 281 g/mol. The number of anilines is 1. The predicted octanol–water partition coefficient (Wildman–Crippen LogP) is 2.97. The van der Waals surface area contributed by atoms with E-state index < -0.39 is 0 Å². The van der Waals surface area contributed by atoms with Gasteiger partial charge in [0.1, 0.15) is 11.4 Å². The minimum atomic E-state index is 0.752. The highest BCUT2D eigenvalue weighted by atomic mass is 79.9. The quantitative estimate of drug-likeness (QED) is 0.679. The Morgan fingerprint density at radius 2 is 2.13 bits per heavy atom. The van der Waals surface area contributed by atoms with Gasteiger partial charge in [-0.3, -0.25) is 0 Å². The first-order valence-electron chi connectivity index (χ1n) is 4.24. The van der Waals surface area contributed by atoms with Crippen LogP contribution >= 0.6 is 27.7 Å². The zero-order valence-corrected chi connectivity index (χ0v) is 10.1. The lowest BCUT2D eigenvalue weighted by Gasteiger charge is -2.04. The molecule has 2 rings (SSSR count). The molecule has 0 aliphatic heterocycles. The molecular weight excluding hydrogens is 274 g/mol. The molecular formula is C10H8BrN3S. The summed E-state index contributed by atoms with van der Waals surface area (Å²) in [5.41, 5.74) is 6.60. The molecule has 0 aliphatic rings. The van der Waals surface area contributed by atoms with Gasteiger partial charge in [-0.15, -0.1) is 0 Å². The van der Waals surface area contributed by atoms with Gasteiger partial charge in [0.25, 0.3) is 0 Å². The van der Waals surface area contributed by atoms with Crippen LogP contribution < -0.4 is 5.73 Å². The molecule has 2 N–H and O–H groups in total. The van der Waals surface area contributed by atoms with Gasteiger partial charge in [-0.2, -0.15) is 0 Å². The Balaban J connectivity index is 2.28. The minimum Gasteiger partial charge on any atom is -0.398 e. The van der Waals surface area contributed by atoms with E-state index in [1.54, 1.807) is 6.20 Å². The van der Waals surface area contributed by atoms with Crippen molar-refractivity contribution in [1.29, 1.82) is 0 Å². The van der Waals surface area contributed by atoms with Gasteiger partial charge in [0.2, 0.25) is 0 Å². The Kier molecular flexibility index (Phi) is 3.23. The molecule has 0 saturated carbocycles. The molecule has 0 atom stereocenters. The second-order valence-electron chi connectivity index (χ2n) is 2.83. The molecule has 0 aliphatic carbocycles. The summed E-state index contributed by atoms with van der Waals surface area (Å²) in [7, 11) is 0. The molecule has 0 saturated heterocycles. The molecule has 0 amide bonds. The second-order valence-corrected chi connectivity index (χ2v) is 4.81. The van der Waals surface area contributed by atoms with E-state index in [-0.39, 0.29) is 0 Å². The normalized spacial score (nSPS) is 10.2. The fourth-order valence-corrected chi connectivity index (χ4v) is 2.39. The summed E-state index contributed by atoms with van der Waals surface area (Å²) in [5, 5.41) is 0.884. The van der Waals surface area contributed by atoms with E-state index in [1.807, 2.05) is 24.3 Å². The van der Waals surface area contributed by atoms with Crippen molar-refractivity contribution in [3.05, 3.63) is 41.3 Å². The SMILES string of the molecule is Nc1ccc(Br)cc1Sc1ccncn1. The summed E-state index contributed by atoms with van der Waals surface area (Å²) in [6.07, 6.45) is 3.24. The first-order chi connectivity index (χ1) is 7.25. The topological polar surface area (TPSA) is 51.8 Å². The van der Waals surface area contributed by atoms with Crippen LogP contribution in [0.1, 0.15) is 0 Å². The largest absolute Gasteiger partial charge is 0.398 e. The van der Waals surface area contributed by atoms with E-state index in [0.29, 0.717) is 0 Å². The maximum atomic E-state index is 5.85. The Bertz CT molecular complexity index is 461. The van der Waals surface area contributed by atoms with E-state index >= 15 is 0 Å². The Morgan fingerprint density at radius 3 is 2.87 bits per heavy atom. The van der Waals surface area contributed by atoms with Crippen molar-refractivity contribution in [1.82, 2.24) is 9.97 Å². The first kappa shape index (κ1) is 10.4. The standard InChI is InChI=1S/C10H8BrN3S/c11-7-1-2-8(12)9(5-7)15-10-3-4-13-6-14-10/h1-6H,12H2. The average Bonchev–Trinajstić information content (AvgIpc) is 2.25. The van der Waals surface area contributed by atoms with Crippen LogP contribution in [0.3, 0.4) is 0 Å². The fourth-order valence-electron chi connectivity index (χ4n) is 1.05. The van der Waals surface area contributed by atoms with Crippen LogP contribution in [0.2, 0.25) is 0 Å². The van der Waals surface area contributed by atoms with Crippen LogP contribution in [0.25, 0.3) is 0 Å². The van der Waals surface area contributed by atoms with Gasteiger partial charge in [-0.05, 0) is 24.3 Å². The molecule has 2 aromatic rings. The van der Waals surface area contributed by atoms with Crippen LogP contribution in [-0.4, -0.2) is 9.97 Å². The highest BCUT2D eigenvalue weighted by Crippen LogP contribution is 2.32. The third-order valence-electron chi connectivity index (χ3n) is 1.74. The molecule has 1 heterocycles. The number of aromatic nitrogens is 2. The summed E-state index contributed by atoms with van der Waals surface area (Å²) in [6, 6.07) is 7.61. The van der Waals surface area contributed by atoms with E-state index in [9.17, 15) is 0 Å². The molecule has 1 aromatic carbocycles. The molecule has 15 heavy (non-hydrogen) atoms. The summed E-state index contributed by atoms with van der Waals surface area (Å²) >= 11 is 4.93. The van der Waals surface area contributed by atoms with Gasteiger partial charge >= 0.3 is 0 Å². The van der Waals surface area contributed by atoms with Crippen molar-refractivity contribution in [2.75, 3.05) is 5.73 Å². The van der Waals surface area contributed by atoms with Gasteiger partial charge in [-0.25, -0.2) is 9.97 Å². The summed E-state index contributed by atoms with van der Waals surface area (Å²) in [4.78, 5) is 8.98. The van der Waals surface area contributed by atoms with Gasteiger partial charge in [0.05, 0.1) is 0 Å². The van der Waals surface area contributed by atoms with Gasteiger partial charge in [0.15, 0.2) is 0 Å². The van der Waals surface area contributed by atoms with E-state index in [4.69, 9.17) is 5.73 Å². The Morgan fingerprint density at radius 1 is 1.27 bits per heavy atom. The second kappa shape index (κ2) is 4.63. The van der Waals surface area contributed by atoms with Crippen LogP contribution in [-0.2, 0) is 0 Å². The van der Waals surface area contributed by atoms with Crippen LogP contribution in [0, 0.1) is 0 Å². The number of nitrogens with two attached hydrogens (primary N) is 1. The van der Waals surface area contributed by atoms with E-state index in [0.717, 1.165) is 20.1 Å². The van der Waals surface area contributed by atoms with E-state index in [2.05, 4.69) is 25.9 Å². The van der Waals surface area contributed by atoms with Crippen molar-refractivity contribution >= 4 is 33.4 Å². The van der Waals surface area contributed by atoms with Gasteiger partial charge in [-0.1, -0.05) is 27.7 Å². The third kappa shape index (κ3) is 2.70. The van der Waals surface area contributed by atoms with Crippen molar-refractivity contribution < 1.29 is 0 Å². The van der Waals surface area contributed by atoms with Crippen LogP contribution in [0.5, 0.6) is 0 Å². The molecule has 5 heteroatoms. The highest BCUT2D eigenvalue weighted by molar-refractivity contribution is 9.10. The van der Waals surface area contributed by atoms with Crippen molar-refractivity contribution in [2.45, 2.75) is 9.92 Å². The molecule has 1 aromatic heterocycles. The number of hydrogen-bond donors (Lipinski definition) is 1. The third-order valence-corrected chi connectivity index (χ3v) is 3.26. The molecule has 3 nitrogen and oxygen atoms in total. The van der Waals surface area contributed by atoms with Crippen LogP contribution in [0.15, 0.2) is 51.2 Å². The lowest BCUT2D eigenvalue weighted by atomic mass is 10.3. The van der Waals surface area contributed by atoms with Gasteiger partial charge in [0, 0.05) is 21.3 Å². The average molecular weight is 282 g/mol. The number of rotatable bonds is 2. The smallest absolute Gasteiger partial charge is 0.116 e. The summed E-state index contributed by atoms with van der Waals surface area (Å²) in [6.45, 7) is 0. The summed E-state index contributed by atoms with van der Waals surface area (Å²) in [5.74, 6) is 0. The minimum absolute atomic E-state index is 0.752. The zero-order valence-electron chi connectivity index (χ0n) is 7.72. The fraction of sp³-hybridized carbons (Fsp3) is 0. The number of nitrogen functional groups attached to an aromatic ring is 1. The van der Waals surface area contributed by atoms with Crippen molar-refractivity contribution in [2.24, 2.45) is 0 Å². The van der Waals surface area contributed by atoms with Crippen LogP contribution in [0.4, 0.5) is 5.69 Å². The molecule has 76 valence electrons. The Hall–Kier alpha value is -1.07. The van der Waals surface area contributed by atoms with E-state index in [1.165, 1.54) is 18.1 Å². The van der Waals surface area contributed by atoms with Gasteiger partial charge < -0.3 is 5.73 Å². The maximum Gasteiger partial charge on any atom is 0.116 e. The zero-order chi connectivity index (χ0) is 10.7. The maximum absolute atomic E-state index is 5.85. The molecule has 0 radical (unpaired) electrons. The van der Waals surface area contributed by atoms with Crippen molar-refractivity contribution in [3.8, 4) is 0 Å².